The summed E-state index contributed by atoms with van der Waals surface area (Å²) >= 11 is 0. The first-order chi connectivity index (χ1) is 16.1. The van der Waals surface area contributed by atoms with Crippen molar-refractivity contribution in [2.45, 2.75) is 32.7 Å². The van der Waals surface area contributed by atoms with E-state index in [9.17, 15) is 0 Å². The van der Waals surface area contributed by atoms with Gasteiger partial charge in [-0.05, 0) is 69.2 Å². The minimum Gasteiger partial charge on any atom is -0.368 e. The minimum absolute atomic E-state index is 0.561. The number of nitrogens with one attached hydrogen (secondary N) is 1. The van der Waals surface area contributed by atoms with Gasteiger partial charge in [-0.3, -0.25) is 0 Å². The van der Waals surface area contributed by atoms with Crippen molar-refractivity contribution in [2.24, 2.45) is 0 Å². The Balaban J connectivity index is 1.36. The van der Waals surface area contributed by atoms with E-state index in [1.54, 1.807) is 0 Å². The number of nitrogens with zero attached hydrogens (tertiary/aromatic N) is 7. The topological polar surface area (TPSA) is 64.8 Å². The Kier molecular flexibility index (Phi) is 6.28. The summed E-state index contributed by atoms with van der Waals surface area (Å²) < 4.78 is 2.05. The van der Waals surface area contributed by atoms with Crippen LogP contribution >= 0.6 is 0 Å². The molecule has 3 aromatic rings. The Labute approximate surface area is 195 Å². The summed E-state index contributed by atoms with van der Waals surface area (Å²) in [5.74, 6) is 1.32. The van der Waals surface area contributed by atoms with Gasteiger partial charge in [0, 0.05) is 32.7 Å². The number of pyridine rings is 1. The Morgan fingerprint density at radius 3 is 2.58 bits per heavy atom. The van der Waals surface area contributed by atoms with Crippen molar-refractivity contribution >= 4 is 28.5 Å². The molecule has 0 radical (unpaired) electrons. The molecule has 1 aliphatic heterocycles. The van der Waals surface area contributed by atoms with Crippen LogP contribution in [0.1, 0.15) is 37.4 Å². The van der Waals surface area contributed by atoms with Gasteiger partial charge in [0.05, 0.1) is 29.3 Å². The minimum atomic E-state index is 0.561. The summed E-state index contributed by atoms with van der Waals surface area (Å²) in [5.41, 5.74) is 6.10. The predicted octanol–water partition coefficient (Wildman–Crippen LogP) is 3.64. The average Bonchev–Trinajstić information content (AvgIpc) is 3.46. The molecule has 5 rings (SSSR count). The van der Waals surface area contributed by atoms with Gasteiger partial charge in [0.25, 0.3) is 0 Å². The predicted molar refractivity (Wildman–Crippen MR) is 134 cm³/mol. The smallest absolute Gasteiger partial charge is 0.246 e. The molecule has 4 heterocycles. The lowest BCUT2D eigenvalue weighted by Crippen LogP contribution is -2.46. The maximum absolute atomic E-state index is 4.85. The number of anilines is 3. The maximum atomic E-state index is 4.85. The van der Waals surface area contributed by atoms with E-state index in [1.165, 1.54) is 28.9 Å². The average molecular weight is 447 g/mol. The molecular weight excluding hydrogens is 412 g/mol. The SMILES string of the molecule is CCN1CCN(c2ccc(Nc3ncc4cc(CN(C)C)c(C5=CCCC5)n4n3)nc2)CC1. The van der Waals surface area contributed by atoms with Gasteiger partial charge >= 0.3 is 0 Å². The zero-order valence-corrected chi connectivity index (χ0v) is 20.0. The molecule has 174 valence electrons. The van der Waals surface area contributed by atoms with Crippen molar-refractivity contribution in [3.05, 3.63) is 47.9 Å². The fourth-order valence-corrected chi connectivity index (χ4v) is 4.85. The highest BCUT2D eigenvalue weighted by atomic mass is 15.3. The summed E-state index contributed by atoms with van der Waals surface area (Å²) in [5, 5.41) is 8.15. The molecular formula is C25H34N8. The Bertz CT molecular complexity index is 1120. The molecule has 0 bridgehead atoms. The largest absolute Gasteiger partial charge is 0.368 e. The first-order valence-electron chi connectivity index (χ1n) is 12.0. The van der Waals surface area contributed by atoms with Crippen LogP contribution in [0.2, 0.25) is 0 Å². The Hall–Kier alpha value is -2.97. The summed E-state index contributed by atoms with van der Waals surface area (Å²) in [7, 11) is 4.21. The summed E-state index contributed by atoms with van der Waals surface area (Å²) in [6.45, 7) is 8.53. The number of piperazine rings is 1. The monoisotopic (exact) mass is 446 g/mol. The lowest BCUT2D eigenvalue weighted by Gasteiger charge is -2.35. The number of allylic oxidation sites excluding steroid dienone is 2. The van der Waals surface area contributed by atoms with Gasteiger partial charge in [0.1, 0.15) is 5.82 Å². The normalized spacial score (nSPS) is 17.2. The van der Waals surface area contributed by atoms with Crippen LogP contribution in [0.25, 0.3) is 11.1 Å². The molecule has 1 aliphatic carbocycles. The van der Waals surface area contributed by atoms with Crippen molar-refractivity contribution in [1.82, 2.24) is 29.4 Å². The van der Waals surface area contributed by atoms with Gasteiger partial charge in [-0.25, -0.2) is 14.5 Å². The van der Waals surface area contributed by atoms with Crippen molar-refractivity contribution in [3.63, 3.8) is 0 Å². The molecule has 8 heteroatoms. The van der Waals surface area contributed by atoms with Crippen LogP contribution in [-0.2, 0) is 6.54 Å². The van der Waals surface area contributed by atoms with Crippen LogP contribution in [0.5, 0.6) is 0 Å². The van der Waals surface area contributed by atoms with Gasteiger partial charge in [0.2, 0.25) is 5.95 Å². The first kappa shape index (κ1) is 21.9. The second kappa shape index (κ2) is 9.49. The van der Waals surface area contributed by atoms with Crippen LogP contribution in [0.4, 0.5) is 17.5 Å². The maximum Gasteiger partial charge on any atom is 0.246 e. The highest BCUT2D eigenvalue weighted by Gasteiger charge is 2.19. The molecule has 1 saturated heterocycles. The van der Waals surface area contributed by atoms with Crippen LogP contribution in [0, 0.1) is 0 Å². The van der Waals surface area contributed by atoms with E-state index in [4.69, 9.17) is 5.10 Å². The van der Waals surface area contributed by atoms with Crippen LogP contribution in [0.15, 0.2) is 36.7 Å². The highest BCUT2D eigenvalue weighted by Crippen LogP contribution is 2.32. The quantitative estimate of drug-likeness (QED) is 0.594. The zero-order valence-electron chi connectivity index (χ0n) is 20.0. The van der Waals surface area contributed by atoms with E-state index < -0.39 is 0 Å². The Morgan fingerprint density at radius 1 is 1.06 bits per heavy atom. The van der Waals surface area contributed by atoms with E-state index in [0.717, 1.165) is 63.4 Å². The van der Waals surface area contributed by atoms with E-state index >= 15 is 0 Å². The number of fused-ring (bicyclic) bond motifs is 1. The van der Waals surface area contributed by atoms with E-state index in [0.29, 0.717) is 5.95 Å². The number of hydrogen-bond donors (Lipinski definition) is 1. The van der Waals surface area contributed by atoms with E-state index in [2.05, 4.69) is 69.2 Å². The van der Waals surface area contributed by atoms with Crippen LogP contribution in [0.3, 0.4) is 0 Å². The lowest BCUT2D eigenvalue weighted by molar-refractivity contribution is 0.271. The van der Waals surface area contributed by atoms with Crippen molar-refractivity contribution < 1.29 is 0 Å². The molecule has 0 saturated carbocycles. The molecule has 2 aliphatic rings. The fraction of sp³-hybridized carbons (Fsp3) is 0.480. The molecule has 1 N–H and O–H groups in total. The van der Waals surface area contributed by atoms with E-state index in [-0.39, 0.29) is 0 Å². The standard InChI is InChI=1S/C25H34N8/c1-4-31-11-13-32(14-12-31)21-9-10-23(26-16-21)28-25-27-17-22-15-20(18-30(2)3)24(33(22)29-25)19-7-5-6-8-19/h7,9-10,15-17H,4-6,8,11-14,18H2,1-3H3,(H,26,28,29). The summed E-state index contributed by atoms with van der Waals surface area (Å²) in [6.07, 6.45) is 9.66. The molecule has 3 aromatic heterocycles. The van der Waals surface area contributed by atoms with Gasteiger partial charge in [-0.15, -0.1) is 5.10 Å². The summed E-state index contributed by atoms with van der Waals surface area (Å²) in [6, 6.07) is 6.36. The molecule has 0 atom stereocenters. The zero-order chi connectivity index (χ0) is 22.8. The molecule has 0 spiro atoms. The number of hydrogen-bond acceptors (Lipinski definition) is 7. The third kappa shape index (κ3) is 4.72. The van der Waals surface area contributed by atoms with E-state index in [1.807, 2.05) is 23.0 Å². The number of aromatic nitrogens is 4. The Morgan fingerprint density at radius 2 is 1.91 bits per heavy atom. The molecule has 8 nitrogen and oxygen atoms in total. The number of rotatable bonds is 7. The van der Waals surface area contributed by atoms with Gasteiger partial charge in [0.15, 0.2) is 0 Å². The molecule has 1 fully saturated rings. The van der Waals surface area contributed by atoms with Crippen LogP contribution in [-0.4, -0.2) is 76.2 Å². The van der Waals surface area contributed by atoms with Crippen molar-refractivity contribution in [3.8, 4) is 0 Å². The third-order valence-corrected chi connectivity index (χ3v) is 6.60. The second-order valence-electron chi connectivity index (χ2n) is 9.24. The van der Waals surface area contributed by atoms with Gasteiger partial charge < -0.3 is 20.0 Å². The number of likely N-dealkylation sites (N-methyl/N-ethyl adjacent to an activating group) is 1. The summed E-state index contributed by atoms with van der Waals surface area (Å²) in [4.78, 5) is 16.3. The fourth-order valence-electron chi connectivity index (χ4n) is 4.85. The molecule has 0 unspecified atom stereocenters. The van der Waals surface area contributed by atoms with Crippen molar-refractivity contribution in [2.75, 3.05) is 57.0 Å². The molecule has 33 heavy (non-hydrogen) atoms. The van der Waals surface area contributed by atoms with Crippen molar-refractivity contribution in [1.29, 1.82) is 0 Å². The second-order valence-corrected chi connectivity index (χ2v) is 9.24. The van der Waals surface area contributed by atoms with Crippen LogP contribution < -0.4 is 10.2 Å². The highest BCUT2D eigenvalue weighted by molar-refractivity contribution is 5.72. The third-order valence-electron chi connectivity index (χ3n) is 6.60. The lowest BCUT2D eigenvalue weighted by atomic mass is 10.1. The van der Waals surface area contributed by atoms with Gasteiger partial charge in [-0.2, -0.15) is 0 Å². The van der Waals surface area contributed by atoms with Gasteiger partial charge in [-0.1, -0.05) is 13.0 Å². The first-order valence-corrected chi connectivity index (χ1v) is 12.0. The molecule has 0 amide bonds. The molecule has 0 aromatic carbocycles.